The van der Waals surface area contributed by atoms with E-state index in [1.807, 2.05) is 60.7 Å². The van der Waals surface area contributed by atoms with E-state index in [2.05, 4.69) is 25.8 Å². The van der Waals surface area contributed by atoms with Gasteiger partial charge in [-0.2, -0.15) is 0 Å². The van der Waals surface area contributed by atoms with E-state index in [4.69, 9.17) is 13.9 Å². The van der Waals surface area contributed by atoms with Crippen LogP contribution in [-0.2, 0) is 6.54 Å². The highest BCUT2D eigenvalue weighted by atomic mass is 16.5. The first kappa shape index (κ1) is 19.3. The van der Waals surface area contributed by atoms with E-state index in [0.717, 1.165) is 28.3 Å². The fourth-order valence-corrected chi connectivity index (χ4v) is 2.85. The summed E-state index contributed by atoms with van der Waals surface area (Å²) in [5.41, 5.74) is 2.60. The van der Waals surface area contributed by atoms with E-state index in [9.17, 15) is 0 Å². The van der Waals surface area contributed by atoms with Gasteiger partial charge in [0.05, 0.1) is 19.8 Å². The van der Waals surface area contributed by atoms with E-state index >= 15 is 0 Å². The van der Waals surface area contributed by atoms with Gasteiger partial charge in [0.2, 0.25) is 0 Å². The molecule has 0 radical (unpaired) electrons. The summed E-state index contributed by atoms with van der Waals surface area (Å²) in [4.78, 5) is 4.42. The summed E-state index contributed by atoms with van der Waals surface area (Å²) in [7, 11) is 3.27. The Morgan fingerprint density at radius 1 is 0.900 bits per heavy atom. The molecular weight excluding hydrogens is 382 g/mol. The number of nitrogens with one attached hydrogen (secondary N) is 2. The molecule has 4 rings (SSSR count). The van der Waals surface area contributed by atoms with Crippen molar-refractivity contribution in [3.63, 3.8) is 0 Å². The van der Waals surface area contributed by atoms with E-state index < -0.39 is 0 Å². The molecule has 0 spiro atoms. The lowest BCUT2D eigenvalue weighted by Crippen LogP contribution is -2.03. The summed E-state index contributed by atoms with van der Waals surface area (Å²) in [5.74, 6) is 2.58. The summed E-state index contributed by atoms with van der Waals surface area (Å²) < 4.78 is 16.2. The lowest BCUT2D eigenvalue weighted by molar-refractivity contribution is 0.414. The molecule has 8 heteroatoms. The number of rotatable bonds is 8. The van der Waals surface area contributed by atoms with Gasteiger partial charge in [-0.05, 0) is 42.0 Å². The predicted octanol–water partition coefficient (Wildman–Crippen LogP) is 4.50. The van der Waals surface area contributed by atoms with Gasteiger partial charge in [-0.25, -0.2) is 4.98 Å². The monoisotopic (exact) mass is 403 g/mol. The van der Waals surface area contributed by atoms with Gasteiger partial charge in [0, 0.05) is 24.5 Å². The minimum absolute atomic E-state index is 0.281. The van der Waals surface area contributed by atoms with Crippen LogP contribution in [0.5, 0.6) is 11.5 Å². The molecule has 0 bridgehead atoms. The fourth-order valence-electron chi connectivity index (χ4n) is 2.85. The molecule has 152 valence electrons. The molecule has 0 fully saturated rings. The first-order valence-corrected chi connectivity index (χ1v) is 9.32. The van der Waals surface area contributed by atoms with Gasteiger partial charge in [0.1, 0.15) is 17.3 Å². The lowest BCUT2D eigenvalue weighted by Gasteiger charge is -2.09. The summed E-state index contributed by atoms with van der Waals surface area (Å²) >= 11 is 0. The van der Waals surface area contributed by atoms with Crippen LogP contribution in [-0.4, -0.2) is 29.4 Å². The maximum atomic E-state index is 5.80. The van der Waals surface area contributed by atoms with Gasteiger partial charge in [0.15, 0.2) is 0 Å². The van der Waals surface area contributed by atoms with Crippen LogP contribution >= 0.6 is 0 Å². The molecule has 0 aliphatic heterocycles. The molecule has 2 aromatic carbocycles. The zero-order valence-electron chi connectivity index (χ0n) is 16.6. The molecular formula is C22H21N5O3. The number of benzene rings is 2. The van der Waals surface area contributed by atoms with Crippen LogP contribution in [0, 0.1) is 0 Å². The Morgan fingerprint density at radius 3 is 2.53 bits per heavy atom. The number of hydrogen-bond donors (Lipinski definition) is 2. The smallest absolute Gasteiger partial charge is 0.320 e. The number of nitrogens with zero attached hydrogens (tertiary/aromatic N) is 3. The number of anilines is 3. The number of aromatic nitrogens is 3. The summed E-state index contributed by atoms with van der Waals surface area (Å²) in [5, 5.41) is 14.6. The first-order valence-electron chi connectivity index (χ1n) is 9.32. The molecule has 4 aromatic rings. The molecule has 0 aliphatic carbocycles. The van der Waals surface area contributed by atoms with Crippen LogP contribution in [0.25, 0.3) is 11.5 Å². The third-order valence-corrected chi connectivity index (χ3v) is 4.40. The predicted molar refractivity (Wildman–Crippen MR) is 114 cm³/mol. The molecule has 30 heavy (non-hydrogen) atoms. The Labute approximate surface area is 173 Å². The number of pyridine rings is 1. The van der Waals surface area contributed by atoms with Gasteiger partial charge in [-0.1, -0.05) is 23.3 Å². The van der Waals surface area contributed by atoms with Gasteiger partial charge in [-0.15, -0.1) is 5.10 Å². The maximum absolute atomic E-state index is 5.80. The zero-order chi connectivity index (χ0) is 20.8. The van der Waals surface area contributed by atoms with Gasteiger partial charge >= 0.3 is 6.01 Å². The topological polar surface area (TPSA) is 94.3 Å². The van der Waals surface area contributed by atoms with Crippen molar-refractivity contribution in [3.8, 4) is 23.0 Å². The lowest BCUT2D eigenvalue weighted by atomic mass is 10.2. The summed E-state index contributed by atoms with van der Waals surface area (Å²) in [6, 6.07) is 19.3. The van der Waals surface area contributed by atoms with Crippen LogP contribution in [0.2, 0.25) is 0 Å². The number of methoxy groups -OCH3 is 2. The number of hydrogen-bond acceptors (Lipinski definition) is 8. The van der Waals surface area contributed by atoms with Crippen molar-refractivity contribution in [1.29, 1.82) is 0 Å². The molecule has 0 unspecified atom stereocenters. The molecule has 0 saturated heterocycles. The minimum Gasteiger partial charge on any atom is -0.497 e. The summed E-state index contributed by atoms with van der Waals surface area (Å²) in [6.07, 6.45) is 1.71. The van der Waals surface area contributed by atoms with E-state index in [1.54, 1.807) is 20.4 Å². The van der Waals surface area contributed by atoms with Crippen LogP contribution in [0.15, 0.2) is 71.3 Å². The van der Waals surface area contributed by atoms with Crippen molar-refractivity contribution in [2.45, 2.75) is 6.54 Å². The average molecular weight is 403 g/mol. The van der Waals surface area contributed by atoms with E-state index in [1.165, 1.54) is 0 Å². The van der Waals surface area contributed by atoms with Gasteiger partial charge in [-0.3, -0.25) is 0 Å². The second-order valence-corrected chi connectivity index (χ2v) is 6.37. The van der Waals surface area contributed by atoms with Crippen LogP contribution in [0.3, 0.4) is 0 Å². The number of ether oxygens (including phenoxy) is 2. The Hall–Kier alpha value is -4.07. The fraction of sp³-hybridized carbons (Fsp3) is 0.136. The van der Waals surface area contributed by atoms with Crippen LogP contribution in [0.1, 0.15) is 5.56 Å². The largest absolute Gasteiger partial charge is 0.497 e. The first-order chi connectivity index (χ1) is 14.7. The quantitative estimate of drug-likeness (QED) is 0.444. The standard InChI is InChI=1S/C22H21N5O3/c1-28-17-10-8-15(9-11-17)14-24-20-19(7-4-12-23-20)21-26-27-22(30-21)25-16-5-3-6-18(13-16)29-2/h3-13H,14H2,1-2H3,(H,23,24)(H,25,27). The second kappa shape index (κ2) is 8.95. The molecule has 0 saturated carbocycles. The highest BCUT2D eigenvalue weighted by Crippen LogP contribution is 2.28. The average Bonchev–Trinajstić information content (AvgIpc) is 3.26. The molecule has 2 N–H and O–H groups in total. The van der Waals surface area contributed by atoms with Crippen LogP contribution in [0.4, 0.5) is 17.5 Å². The van der Waals surface area contributed by atoms with Gasteiger partial charge < -0.3 is 24.5 Å². The Bertz CT molecular complexity index is 1110. The minimum atomic E-state index is 0.281. The molecule has 0 atom stereocenters. The van der Waals surface area contributed by atoms with Crippen molar-refractivity contribution < 1.29 is 13.9 Å². The van der Waals surface area contributed by atoms with Crippen molar-refractivity contribution in [3.05, 3.63) is 72.4 Å². The third kappa shape index (κ3) is 4.49. The molecule has 0 aliphatic rings. The molecule has 2 aromatic heterocycles. The Balaban J connectivity index is 1.49. The van der Waals surface area contributed by atoms with Gasteiger partial charge in [0.25, 0.3) is 5.89 Å². The van der Waals surface area contributed by atoms with E-state index in [-0.39, 0.29) is 6.01 Å². The summed E-state index contributed by atoms with van der Waals surface area (Å²) in [6.45, 7) is 0.594. The maximum Gasteiger partial charge on any atom is 0.320 e. The van der Waals surface area contributed by atoms with Crippen molar-refractivity contribution in [1.82, 2.24) is 15.2 Å². The van der Waals surface area contributed by atoms with E-state index in [0.29, 0.717) is 18.3 Å². The SMILES string of the molecule is COc1ccc(CNc2ncccc2-c2nnc(Nc3cccc(OC)c3)o2)cc1. The normalized spacial score (nSPS) is 10.5. The molecule has 8 nitrogen and oxygen atoms in total. The Morgan fingerprint density at radius 2 is 1.73 bits per heavy atom. The second-order valence-electron chi connectivity index (χ2n) is 6.37. The highest BCUT2D eigenvalue weighted by Gasteiger charge is 2.14. The molecule has 0 amide bonds. The van der Waals surface area contributed by atoms with Crippen molar-refractivity contribution >= 4 is 17.5 Å². The zero-order valence-corrected chi connectivity index (χ0v) is 16.6. The highest BCUT2D eigenvalue weighted by molar-refractivity contribution is 5.69. The van der Waals surface area contributed by atoms with Crippen LogP contribution < -0.4 is 20.1 Å². The molecule has 2 heterocycles. The van der Waals surface area contributed by atoms with Crippen molar-refractivity contribution in [2.24, 2.45) is 0 Å². The van der Waals surface area contributed by atoms with Crippen molar-refractivity contribution in [2.75, 3.05) is 24.9 Å². The third-order valence-electron chi connectivity index (χ3n) is 4.40. The Kier molecular flexibility index (Phi) is 5.75.